The molecular formula is C21H18FN3O2S2. The molecule has 29 heavy (non-hydrogen) atoms. The van der Waals surface area contributed by atoms with E-state index in [1.807, 2.05) is 25.1 Å². The smallest absolute Gasteiger partial charge is 0.146 e. The van der Waals surface area contributed by atoms with Crippen LogP contribution in [0.4, 0.5) is 4.39 Å². The Morgan fingerprint density at radius 2 is 1.69 bits per heavy atom. The molecule has 8 heteroatoms. The first-order chi connectivity index (χ1) is 14.1. The number of halogens is 1. The van der Waals surface area contributed by atoms with Crippen molar-refractivity contribution < 1.29 is 13.9 Å². The van der Waals surface area contributed by atoms with Gasteiger partial charge >= 0.3 is 0 Å². The van der Waals surface area contributed by atoms with Crippen LogP contribution in [0.5, 0.6) is 11.5 Å². The van der Waals surface area contributed by atoms with Gasteiger partial charge in [-0.25, -0.2) is 9.37 Å². The first-order valence-corrected chi connectivity index (χ1v) is 10.6. The highest BCUT2D eigenvalue weighted by Crippen LogP contribution is 2.36. The largest absolute Gasteiger partial charge is 0.497 e. The second kappa shape index (κ2) is 8.34. The SMILES string of the molecule is COc1cc(CSc2nnc(-c3ccc(F)cc3)c3sc(C)nc23)cc(OC)c1. The molecule has 0 spiro atoms. The second-order valence-corrected chi connectivity index (χ2v) is 8.45. The Morgan fingerprint density at radius 3 is 2.34 bits per heavy atom. The summed E-state index contributed by atoms with van der Waals surface area (Å²) in [5.41, 5.74) is 3.41. The van der Waals surface area contributed by atoms with Crippen molar-refractivity contribution in [3.05, 3.63) is 58.9 Å². The van der Waals surface area contributed by atoms with E-state index >= 15 is 0 Å². The number of rotatable bonds is 6. The van der Waals surface area contributed by atoms with E-state index in [2.05, 4.69) is 15.2 Å². The number of aromatic nitrogens is 3. The van der Waals surface area contributed by atoms with Crippen molar-refractivity contribution >= 4 is 33.3 Å². The third-order valence-electron chi connectivity index (χ3n) is 4.30. The van der Waals surface area contributed by atoms with Gasteiger partial charge in [0.05, 0.1) is 23.9 Å². The van der Waals surface area contributed by atoms with Gasteiger partial charge in [0.25, 0.3) is 0 Å². The zero-order valence-corrected chi connectivity index (χ0v) is 17.7. The lowest BCUT2D eigenvalue weighted by Gasteiger charge is -2.09. The molecule has 0 saturated carbocycles. The van der Waals surface area contributed by atoms with Gasteiger partial charge in [-0.15, -0.1) is 21.5 Å². The third kappa shape index (κ3) is 4.18. The fraction of sp³-hybridized carbons (Fsp3) is 0.190. The maximum atomic E-state index is 13.3. The standard InChI is InChI=1S/C21H18FN3O2S2/c1-12-23-19-20(29-12)18(14-4-6-15(22)7-5-14)24-25-21(19)28-11-13-8-16(26-2)10-17(9-13)27-3/h4-10H,11H2,1-3H3. The third-order valence-corrected chi connectivity index (χ3v) is 6.30. The Bertz CT molecular complexity index is 1140. The molecule has 0 bridgehead atoms. The predicted octanol–water partition coefficient (Wildman–Crippen LogP) is 5.51. The van der Waals surface area contributed by atoms with Crippen LogP contribution >= 0.6 is 23.1 Å². The van der Waals surface area contributed by atoms with Crippen molar-refractivity contribution in [2.75, 3.05) is 14.2 Å². The second-order valence-electron chi connectivity index (χ2n) is 6.28. The summed E-state index contributed by atoms with van der Waals surface area (Å²) in [6.07, 6.45) is 0. The Hall–Kier alpha value is -2.71. The average molecular weight is 428 g/mol. The molecule has 2 heterocycles. The number of ether oxygens (including phenoxy) is 2. The van der Waals surface area contributed by atoms with Crippen LogP contribution in [0.2, 0.25) is 0 Å². The maximum Gasteiger partial charge on any atom is 0.146 e. The van der Waals surface area contributed by atoms with Gasteiger partial charge in [-0.3, -0.25) is 0 Å². The summed E-state index contributed by atoms with van der Waals surface area (Å²) in [4.78, 5) is 4.67. The fourth-order valence-corrected chi connectivity index (χ4v) is 4.76. The van der Waals surface area contributed by atoms with Crippen LogP contribution < -0.4 is 9.47 Å². The van der Waals surface area contributed by atoms with Gasteiger partial charge in [0.1, 0.15) is 33.6 Å². The molecule has 0 unspecified atom stereocenters. The van der Waals surface area contributed by atoms with Crippen LogP contribution in [0, 0.1) is 12.7 Å². The zero-order chi connectivity index (χ0) is 20.4. The molecule has 0 N–H and O–H groups in total. The van der Waals surface area contributed by atoms with Crippen molar-refractivity contribution in [3.63, 3.8) is 0 Å². The number of aryl methyl sites for hydroxylation is 1. The van der Waals surface area contributed by atoms with E-state index in [9.17, 15) is 4.39 Å². The molecule has 148 valence electrons. The number of methoxy groups -OCH3 is 2. The van der Waals surface area contributed by atoms with Crippen molar-refractivity contribution in [2.24, 2.45) is 0 Å². The summed E-state index contributed by atoms with van der Waals surface area (Å²) in [5.74, 6) is 1.88. The predicted molar refractivity (Wildman–Crippen MR) is 114 cm³/mol. The van der Waals surface area contributed by atoms with Gasteiger partial charge < -0.3 is 9.47 Å². The summed E-state index contributed by atoms with van der Waals surface area (Å²) in [5, 5.41) is 10.5. The number of thioether (sulfide) groups is 1. The molecule has 0 fully saturated rings. The molecule has 0 amide bonds. The molecule has 0 radical (unpaired) electrons. The molecule has 0 aliphatic rings. The van der Waals surface area contributed by atoms with Crippen molar-refractivity contribution in [1.29, 1.82) is 0 Å². The van der Waals surface area contributed by atoms with Gasteiger partial charge in [0.2, 0.25) is 0 Å². The highest BCUT2D eigenvalue weighted by atomic mass is 32.2. The Labute approximate surface area is 175 Å². The van der Waals surface area contributed by atoms with E-state index < -0.39 is 0 Å². The molecule has 5 nitrogen and oxygen atoms in total. The zero-order valence-electron chi connectivity index (χ0n) is 16.1. The van der Waals surface area contributed by atoms with Gasteiger partial charge in [-0.05, 0) is 48.9 Å². The summed E-state index contributed by atoms with van der Waals surface area (Å²) in [6, 6.07) is 12.1. The van der Waals surface area contributed by atoms with E-state index in [1.165, 1.54) is 12.1 Å². The lowest BCUT2D eigenvalue weighted by molar-refractivity contribution is 0.393. The summed E-state index contributed by atoms with van der Waals surface area (Å²) >= 11 is 3.13. The van der Waals surface area contributed by atoms with Crippen LogP contribution in [0.25, 0.3) is 21.5 Å². The minimum atomic E-state index is -0.278. The van der Waals surface area contributed by atoms with E-state index in [0.29, 0.717) is 5.75 Å². The van der Waals surface area contributed by atoms with Crippen LogP contribution in [-0.4, -0.2) is 29.4 Å². The monoisotopic (exact) mass is 427 g/mol. The van der Waals surface area contributed by atoms with Crippen LogP contribution in [0.15, 0.2) is 47.5 Å². The molecule has 0 aliphatic heterocycles. The van der Waals surface area contributed by atoms with E-state index in [4.69, 9.17) is 9.47 Å². The minimum absolute atomic E-state index is 0.278. The number of benzene rings is 2. The number of fused-ring (bicyclic) bond motifs is 1. The molecule has 4 aromatic rings. The molecule has 2 aromatic carbocycles. The molecule has 0 aliphatic carbocycles. The summed E-state index contributed by atoms with van der Waals surface area (Å²) in [6.45, 7) is 1.96. The Morgan fingerprint density at radius 1 is 1.00 bits per heavy atom. The normalized spacial score (nSPS) is 11.0. The van der Waals surface area contributed by atoms with Gasteiger partial charge in [-0.1, -0.05) is 11.8 Å². The highest BCUT2D eigenvalue weighted by Gasteiger charge is 2.16. The van der Waals surface area contributed by atoms with Gasteiger partial charge in [0, 0.05) is 17.4 Å². The molecule has 0 atom stereocenters. The molecular weight excluding hydrogens is 409 g/mol. The first kappa shape index (κ1) is 19.6. The lowest BCUT2D eigenvalue weighted by atomic mass is 10.1. The van der Waals surface area contributed by atoms with E-state index in [-0.39, 0.29) is 5.82 Å². The van der Waals surface area contributed by atoms with E-state index in [0.717, 1.165) is 48.6 Å². The number of thiazole rings is 1. The molecule has 0 saturated heterocycles. The van der Waals surface area contributed by atoms with Gasteiger partial charge in [0.15, 0.2) is 0 Å². The molecule has 2 aromatic heterocycles. The number of nitrogens with zero attached hydrogens (tertiary/aromatic N) is 3. The van der Waals surface area contributed by atoms with Crippen molar-refractivity contribution in [1.82, 2.24) is 15.2 Å². The van der Waals surface area contributed by atoms with E-state index in [1.54, 1.807) is 49.5 Å². The Kier molecular flexibility index (Phi) is 5.64. The van der Waals surface area contributed by atoms with Crippen LogP contribution in [0.3, 0.4) is 0 Å². The van der Waals surface area contributed by atoms with Crippen LogP contribution in [0.1, 0.15) is 10.6 Å². The van der Waals surface area contributed by atoms with Crippen LogP contribution in [-0.2, 0) is 5.75 Å². The fourth-order valence-electron chi connectivity index (χ4n) is 2.92. The van der Waals surface area contributed by atoms with Gasteiger partial charge in [-0.2, -0.15) is 0 Å². The number of hydrogen-bond donors (Lipinski definition) is 0. The van der Waals surface area contributed by atoms with Crippen molar-refractivity contribution in [3.8, 4) is 22.8 Å². The number of hydrogen-bond acceptors (Lipinski definition) is 7. The minimum Gasteiger partial charge on any atom is -0.497 e. The highest BCUT2D eigenvalue weighted by molar-refractivity contribution is 7.98. The molecule has 4 rings (SSSR count). The maximum absolute atomic E-state index is 13.3. The first-order valence-electron chi connectivity index (χ1n) is 8.82. The lowest BCUT2D eigenvalue weighted by Crippen LogP contribution is -1.94. The summed E-state index contributed by atoms with van der Waals surface area (Å²) < 4.78 is 24.9. The quantitative estimate of drug-likeness (QED) is 0.378. The summed E-state index contributed by atoms with van der Waals surface area (Å²) in [7, 11) is 3.26. The average Bonchev–Trinajstić information content (AvgIpc) is 3.14. The Balaban J connectivity index is 1.67. The van der Waals surface area contributed by atoms with Crippen molar-refractivity contribution in [2.45, 2.75) is 17.7 Å². The topological polar surface area (TPSA) is 57.1 Å².